The number of fused-ring (bicyclic) bond motifs is 2. The summed E-state index contributed by atoms with van der Waals surface area (Å²) in [5, 5.41) is 0. The zero-order valence-electron chi connectivity index (χ0n) is 14.6. The number of nitrogens with zero attached hydrogens (tertiary/aromatic N) is 2. The second-order valence-electron chi connectivity index (χ2n) is 6.89. The minimum atomic E-state index is 0.273. The number of benzene rings is 2. The molecule has 0 aliphatic carbocycles. The molecular formula is C21H20N2O3. The van der Waals surface area contributed by atoms with Crippen LogP contribution in [0.4, 0.5) is 0 Å². The highest BCUT2D eigenvalue weighted by Crippen LogP contribution is 2.34. The second kappa shape index (κ2) is 6.18. The molecule has 26 heavy (non-hydrogen) atoms. The van der Waals surface area contributed by atoms with Crippen molar-refractivity contribution in [1.29, 1.82) is 0 Å². The van der Waals surface area contributed by atoms with E-state index in [0.29, 0.717) is 20.0 Å². The molecule has 0 N–H and O–H groups in total. The van der Waals surface area contributed by atoms with E-state index in [1.165, 1.54) is 16.7 Å². The molecule has 2 aromatic carbocycles. The predicted octanol–water partition coefficient (Wildman–Crippen LogP) is 3.98. The molecule has 0 bridgehead atoms. The van der Waals surface area contributed by atoms with Crippen LogP contribution in [-0.4, -0.2) is 16.3 Å². The molecule has 0 saturated heterocycles. The Hall–Kier alpha value is -2.79. The van der Waals surface area contributed by atoms with Crippen LogP contribution in [0.2, 0.25) is 0 Å². The normalized spacial score (nSPS) is 15.9. The zero-order valence-corrected chi connectivity index (χ0v) is 14.6. The molecule has 0 radical (unpaired) electrons. The first-order valence-corrected chi connectivity index (χ1v) is 8.89. The summed E-state index contributed by atoms with van der Waals surface area (Å²) in [4.78, 5) is 4.63. The van der Waals surface area contributed by atoms with Crippen LogP contribution < -0.4 is 9.47 Å². The third kappa shape index (κ3) is 2.65. The predicted molar refractivity (Wildman–Crippen MR) is 96.7 cm³/mol. The van der Waals surface area contributed by atoms with E-state index in [9.17, 15) is 0 Å². The van der Waals surface area contributed by atoms with E-state index in [2.05, 4.69) is 46.8 Å². The van der Waals surface area contributed by atoms with Crippen molar-refractivity contribution in [2.24, 2.45) is 0 Å². The van der Waals surface area contributed by atoms with Crippen LogP contribution in [0.25, 0.3) is 5.69 Å². The molecule has 5 nitrogen and oxygen atoms in total. The first kappa shape index (κ1) is 15.5. The van der Waals surface area contributed by atoms with Gasteiger partial charge in [0.1, 0.15) is 5.82 Å². The van der Waals surface area contributed by atoms with Crippen molar-refractivity contribution in [2.45, 2.75) is 32.5 Å². The molecule has 0 saturated carbocycles. The second-order valence-corrected chi connectivity index (χ2v) is 6.89. The SMILES string of the molecule is CC(Cc1ccc2c(c1)OCO2)c1nccn1-c1ccc2c(c1)COC2. The Morgan fingerprint density at radius 3 is 2.88 bits per heavy atom. The van der Waals surface area contributed by atoms with Gasteiger partial charge in [0, 0.05) is 24.0 Å². The Morgan fingerprint density at radius 1 is 1.04 bits per heavy atom. The Kier molecular flexibility index (Phi) is 3.68. The van der Waals surface area contributed by atoms with Gasteiger partial charge in [0.15, 0.2) is 11.5 Å². The number of rotatable bonds is 4. The lowest BCUT2D eigenvalue weighted by molar-refractivity contribution is 0.134. The van der Waals surface area contributed by atoms with Crippen LogP contribution in [0.15, 0.2) is 48.8 Å². The lowest BCUT2D eigenvalue weighted by Crippen LogP contribution is -2.08. The van der Waals surface area contributed by atoms with Crippen molar-refractivity contribution in [3.63, 3.8) is 0 Å². The van der Waals surface area contributed by atoms with Crippen LogP contribution in [0.3, 0.4) is 0 Å². The third-order valence-corrected chi connectivity index (χ3v) is 5.07. The van der Waals surface area contributed by atoms with Gasteiger partial charge >= 0.3 is 0 Å². The number of hydrogen-bond acceptors (Lipinski definition) is 4. The van der Waals surface area contributed by atoms with Crippen molar-refractivity contribution in [3.05, 3.63) is 71.3 Å². The van der Waals surface area contributed by atoms with E-state index in [-0.39, 0.29) is 5.92 Å². The number of aromatic nitrogens is 2. The van der Waals surface area contributed by atoms with Gasteiger partial charge < -0.3 is 18.8 Å². The maximum Gasteiger partial charge on any atom is 0.231 e. The minimum Gasteiger partial charge on any atom is -0.454 e. The van der Waals surface area contributed by atoms with E-state index < -0.39 is 0 Å². The van der Waals surface area contributed by atoms with Crippen molar-refractivity contribution < 1.29 is 14.2 Å². The van der Waals surface area contributed by atoms with E-state index in [0.717, 1.165) is 29.4 Å². The van der Waals surface area contributed by atoms with Gasteiger partial charge in [-0.15, -0.1) is 0 Å². The van der Waals surface area contributed by atoms with Crippen LogP contribution in [0.5, 0.6) is 11.5 Å². The van der Waals surface area contributed by atoms with Gasteiger partial charge in [-0.05, 0) is 47.4 Å². The standard InChI is InChI=1S/C21H20N2O3/c1-14(8-15-2-5-19-20(9-15)26-13-25-19)21-22-6-7-23(21)18-4-3-16-11-24-12-17(16)10-18/h2-7,9-10,14H,8,11-13H2,1H3. The lowest BCUT2D eigenvalue weighted by atomic mass is 9.99. The van der Waals surface area contributed by atoms with Gasteiger partial charge in [0.25, 0.3) is 0 Å². The van der Waals surface area contributed by atoms with Gasteiger partial charge in [0.2, 0.25) is 6.79 Å². The molecular weight excluding hydrogens is 328 g/mol. The smallest absolute Gasteiger partial charge is 0.231 e. The van der Waals surface area contributed by atoms with E-state index >= 15 is 0 Å². The molecule has 1 aromatic heterocycles. The maximum absolute atomic E-state index is 5.53. The first-order chi connectivity index (χ1) is 12.8. The quantitative estimate of drug-likeness (QED) is 0.715. The van der Waals surface area contributed by atoms with E-state index in [1.807, 2.05) is 18.5 Å². The summed E-state index contributed by atoms with van der Waals surface area (Å²) in [6.07, 6.45) is 4.79. The first-order valence-electron chi connectivity index (χ1n) is 8.89. The van der Waals surface area contributed by atoms with Crippen molar-refractivity contribution in [3.8, 4) is 17.2 Å². The average molecular weight is 348 g/mol. The summed E-state index contributed by atoms with van der Waals surface area (Å²) in [5.41, 5.74) is 4.91. The minimum absolute atomic E-state index is 0.273. The molecule has 3 aromatic rings. The molecule has 1 atom stereocenters. The van der Waals surface area contributed by atoms with E-state index in [4.69, 9.17) is 14.2 Å². The van der Waals surface area contributed by atoms with Crippen LogP contribution >= 0.6 is 0 Å². The van der Waals surface area contributed by atoms with Crippen LogP contribution in [-0.2, 0) is 24.4 Å². The molecule has 132 valence electrons. The van der Waals surface area contributed by atoms with Crippen LogP contribution in [0, 0.1) is 0 Å². The van der Waals surface area contributed by atoms with Gasteiger partial charge in [-0.25, -0.2) is 4.98 Å². The van der Waals surface area contributed by atoms with Crippen molar-refractivity contribution in [1.82, 2.24) is 9.55 Å². The summed E-state index contributed by atoms with van der Waals surface area (Å²) in [6, 6.07) is 12.7. The molecule has 0 fully saturated rings. The fraction of sp³-hybridized carbons (Fsp3) is 0.286. The highest BCUT2D eigenvalue weighted by molar-refractivity contribution is 5.45. The fourth-order valence-electron chi connectivity index (χ4n) is 3.72. The number of ether oxygens (including phenoxy) is 3. The summed E-state index contributed by atoms with van der Waals surface area (Å²) >= 11 is 0. The maximum atomic E-state index is 5.53. The number of hydrogen-bond donors (Lipinski definition) is 0. The van der Waals surface area contributed by atoms with Gasteiger partial charge in [-0.2, -0.15) is 0 Å². The molecule has 0 amide bonds. The average Bonchev–Trinajstić information content (AvgIpc) is 3.39. The van der Waals surface area contributed by atoms with Crippen molar-refractivity contribution >= 4 is 0 Å². The van der Waals surface area contributed by atoms with Crippen molar-refractivity contribution in [2.75, 3.05) is 6.79 Å². The Balaban J connectivity index is 1.41. The summed E-state index contributed by atoms with van der Waals surface area (Å²) in [6.45, 7) is 3.92. The molecule has 5 heteroatoms. The molecule has 2 aliphatic rings. The number of imidazole rings is 1. The van der Waals surface area contributed by atoms with Gasteiger partial charge in [-0.1, -0.05) is 19.1 Å². The van der Waals surface area contributed by atoms with E-state index in [1.54, 1.807) is 0 Å². The highest BCUT2D eigenvalue weighted by Gasteiger charge is 2.18. The summed E-state index contributed by atoms with van der Waals surface area (Å²) in [7, 11) is 0. The lowest BCUT2D eigenvalue weighted by Gasteiger charge is -2.15. The highest BCUT2D eigenvalue weighted by atomic mass is 16.7. The summed E-state index contributed by atoms with van der Waals surface area (Å²) < 4.78 is 18.6. The topological polar surface area (TPSA) is 45.5 Å². The monoisotopic (exact) mass is 348 g/mol. The Labute approximate surface area is 152 Å². The molecule has 2 aliphatic heterocycles. The van der Waals surface area contributed by atoms with Gasteiger partial charge in [-0.3, -0.25) is 0 Å². The molecule has 1 unspecified atom stereocenters. The summed E-state index contributed by atoms with van der Waals surface area (Å²) in [5.74, 6) is 2.98. The zero-order chi connectivity index (χ0) is 17.5. The molecule has 0 spiro atoms. The molecule has 3 heterocycles. The van der Waals surface area contributed by atoms with Gasteiger partial charge in [0.05, 0.1) is 13.2 Å². The third-order valence-electron chi connectivity index (χ3n) is 5.07. The Morgan fingerprint density at radius 2 is 1.92 bits per heavy atom. The Bertz CT molecular complexity index is 964. The van der Waals surface area contributed by atoms with Crippen LogP contribution in [0.1, 0.15) is 35.4 Å². The largest absolute Gasteiger partial charge is 0.454 e. The fourth-order valence-corrected chi connectivity index (χ4v) is 3.72. The molecule has 5 rings (SSSR count).